The quantitative estimate of drug-likeness (QED) is 0.403. The average Bonchev–Trinajstić information content (AvgIpc) is 2.55. The van der Waals surface area contributed by atoms with E-state index in [2.05, 4.69) is 0 Å². The molecular formula is C18H27O6P. The van der Waals surface area contributed by atoms with Crippen molar-refractivity contribution >= 4 is 19.3 Å². The van der Waals surface area contributed by atoms with E-state index >= 15 is 0 Å². The summed E-state index contributed by atoms with van der Waals surface area (Å²) in [6, 6.07) is 9.05. The van der Waals surface area contributed by atoms with Crippen molar-refractivity contribution < 1.29 is 27.9 Å². The Hall–Kier alpha value is -1.49. The van der Waals surface area contributed by atoms with Crippen LogP contribution >= 0.6 is 7.60 Å². The van der Waals surface area contributed by atoms with Crippen LogP contribution in [-0.2, 0) is 27.9 Å². The van der Waals surface area contributed by atoms with Crippen molar-refractivity contribution in [2.45, 2.75) is 46.1 Å². The maximum absolute atomic E-state index is 12.5. The Balaban J connectivity index is 2.84. The molecule has 25 heavy (non-hydrogen) atoms. The van der Waals surface area contributed by atoms with Crippen molar-refractivity contribution in [1.29, 1.82) is 0 Å². The lowest BCUT2D eigenvalue weighted by molar-refractivity contribution is -0.150. The second kappa shape index (κ2) is 11.2. The normalized spacial score (nSPS) is 12.6. The number of rotatable bonds is 12. The molecule has 0 aromatic heterocycles. The second-order valence-electron chi connectivity index (χ2n) is 5.49. The van der Waals surface area contributed by atoms with Gasteiger partial charge in [-0.2, -0.15) is 0 Å². The molecule has 0 heterocycles. The Labute approximate surface area is 149 Å². The summed E-state index contributed by atoms with van der Waals surface area (Å²) in [5, 5.41) is 0. The molecule has 140 valence electrons. The predicted molar refractivity (Wildman–Crippen MR) is 95.5 cm³/mol. The fourth-order valence-corrected chi connectivity index (χ4v) is 3.93. The maximum atomic E-state index is 12.5. The zero-order valence-electron chi connectivity index (χ0n) is 15.1. The van der Waals surface area contributed by atoms with E-state index < -0.39 is 13.7 Å². The highest BCUT2D eigenvalue weighted by molar-refractivity contribution is 7.54. The van der Waals surface area contributed by atoms with Crippen LogP contribution in [0.4, 0.5) is 0 Å². The van der Waals surface area contributed by atoms with E-state index in [9.17, 15) is 14.2 Å². The number of carbonyl (C=O) groups is 2. The summed E-state index contributed by atoms with van der Waals surface area (Å²) >= 11 is 0. The summed E-state index contributed by atoms with van der Waals surface area (Å²) in [6.45, 7) is 5.64. The molecule has 0 spiro atoms. The van der Waals surface area contributed by atoms with Crippen LogP contribution in [0.3, 0.4) is 0 Å². The molecule has 1 atom stereocenters. The molecule has 6 nitrogen and oxygen atoms in total. The van der Waals surface area contributed by atoms with Crippen LogP contribution in [0, 0.1) is 0 Å². The number of hydrogen-bond acceptors (Lipinski definition) is 6. The smallest absolute Gasteiger partial charge is 0.338 e. The molecule has 0 N–H and O–H groups in total. The molecule has 0 aliphatic heterocycles. The predicted octanol–water partition coefficient (Wildman–Crippen LogP) is 4.30. The van der Waals surface area contributed by atoms with E-state index in [4.69, 9.17) is 13.8 Å². The average molecular weight is 370 g/mol. The first kappa shape index (κ1) is 21.6. The van der Waals surface area contributed by atoms with Gasteiger partial charge in [0.2, 0.25) is 0 Å². The lowest BCUT2D eigenvalue weighted by Gasteiger charge is -2.20. The van der Waals surface area contributed by atoms with Crippen molar-refractivity contribution in [1.82, 2.24) is 0 Å². The summed E-state index contributed by atoms with van der Waals surface area (Å²) in [5.41, 5.74) is 0.725. The first-order chi connectivity index (χ1) is 11.9. The largest absolute Gasteiger partial charge is 0.457 e. The van der Waals surface area contributed by atoms with E-state index in [1.54, 1.807) is 26.0 Å². The maximum Gasteiger partial charge on any atom is 0.338 e. The number of esters is 1. The Kier molecular flexibility index (Phi) is 9.65. The number of ketones is 1. The van der Waals surface area contributed by atoms with Gasteiger partial charge < -0.3 is 13.8 Å². The van der Waals surface area contributed by atoms with E-state index in [-0.39, 0.29) is 44.0 Å². The molecule has 0 saturated carbocycles. The molecule has 0 radical (unpaired) electrons. The lowest BCUT2D eigenvalue weighted by atomic mass is 10.0. The molecule has 0 aliphatic rings. The van der Waals surface area contributed by atoms with Crippen LogP contribution in [0.2, 0.25) is 0 Å². The van der Waals surface area contributed by atoms with Crippen molar-refractivity contribution in [3.05, 3.63) is 35.9 Å². The van der Waals surface area contributed by atoms with Gasteiger partial charge in [-0.25, -0.2) is 0 Å². The minimum Gasteiger partial charge on any atom is -0.457 e. The summed E-state index contributed by atoms with van der Waals surface area (Å²) in [5.74, 6) is -0.690. The number of hydrogen-bond donors (Lipinski definition) is 0. The van der Waals surface area contributed by atoms with Gasteiger partial charge in [-0.15, -0.1) is 0 Å². The molecule has 0 aliphatic carbocycles. The van der Waals surface area contributed by atoms with Gasteiger partial charge in [0, 0.05) is 12.8 Å². The van der Waals surface area contributed by atoms with Crippen LogP contribution < -0.4 is 0 Å². The zero-order chi connectivity index (χ0) is 18.7. The van der Waals surface area contributed by atoms with E-state index in [1.165, 1.54) is 0 Å². The van der Waals surface area contributed by atoms with Crippen LogP contribution in [-0.4, -0.2) is 31.1 Å². The lowest BCUT2D eigenvalue weighted by Crippen LogP contribution is -2.18. The molecule has 1 rings (SSSR count). The fraction of sp³-hybridized carbons (Fsp3) is 0.556. The van der Waals surface area contributed by atoms with Crippen LogP contribution in [0.1, 0.15) is 51.7 Å². The van der Waals surface area contributed by atoms with Crippen LogP contribution in [0.15, 0.2) is 30.3 Å². The number of carbonyl (C=O) groups excluding carboxylic acids is 2. The van der Waals surface area contributed by atoms with Gasteiger partial charge in [0.1, 0.15) is 18.0 Å². The highest BCUT2D eigenvalue weighted by atomic mass is 31.2. The highest BCUT2D eigenvalue weighted by Crippen LogP contribution is 2.48. The van der Waals surface area contributed by atoms with Crippen molar-refractivity contribution in [3.63, 3.8) is 0 Å². The molecule has 0 amide bonds. The SMILES string of the molecule is CCCC(=O)O[C@H](CC(=O)CP(=O)(OCC)OCC)c1ccccc1. The third-order valence-electron chi connectivity index (χ3n) is 3.33. The zero-order valence-corrected chi connectivity index (χ0v) is 16.0. The highest BCUT2D eigenvalue weighted by Gasteiger charge is 2.30. The monoisotopic (exact) mass is 370 g/mol. The molecule has 0 saturated heterocycles. The Bertz CT molecular complexity index is 576. The van der Waals surface area contributed by atoms with Gasteiger partial charge in [-0.3, -0.25) is 14.2 Å². The minimum absolute atomic E-state index is 0.0659. The molecule has 0 fully saturated rings. The Morgan fingerprint density at radius 2 is 1.64 bits per heavy atom. The summed E-state index contributed by atoms with van der Waals surface area (Å²) in [6.07, 6.45) is -0.150. The van der Waals surface area contributed by atoms with Crippen molar-refractivity contribution in [2.24, 2.45) is 0 Å². The molecule has 1 aromatic carbocycles. The number of Topliss-reactive ketones (excluding diaryl/α,β-unsaturated/α-hetero) is 1. The van der Waals surface area contributed by atoms with Crippen LogP contribution in [0.5, 0.6) is 0 Å². The van der Waals surface area contributed by atoms with Gasteiger partial charge in [0.15, 0.2) is 0 Å². The molecule has 7 heteroatoms. The standard InChI is InChI=1S/C18H27O6P/c1-4-10-18(20)24-17(15-11-8-7-9-12-15)13-16(19)14-25(21,22-5-2)23-6-3/h7-9,11-12,17H,4-6,10,13-14H2,1-3H3/t17-/m1/s1. The van der Waals surface area contributed by atoms with Gasteiger partial charge in [-0.1, -0.05) is 37.3 Å². The first-order valence-electron chi connectivity index (χ1n) is 8.58. The van der Waals surface area contributed by atoms with Gasteiger partial charge in [0.25, 0.3) is 0 Å². The number of ether oxygens (including phenoxy) is 1. The van der Waals surface area contributed by atoms with Gasteiger partial charge >= 0.3 is 13.6 Å². The molecule has 1 aromatic rings. The molecule has 0 unspecified atom stereocenters. The first-order valence-corrected chi connectivity index (χ1v) is 10.3. The van der Waals surface area contributed by atoms with Crippen LogP contribution in [0.25, 0.3) is 0 Å². The minimum atomic E-state index is -3.46. The van der Waals surface area contributed by atoms with Gasteiger partial charge in [-0.05, 0) is 25.8 Å². The summed E-state index contributed by atoms with van der Waals surface area (Å²) < 4.78 is 28.2. The van der Waals surface area contributed by atoms with Crippen molar-refractivity contribution in [2.75, 3.05) is 19.4 Å². The van der Waals surface area contributed by atoms with Crippen molar-refractivity contribution in [3.8, 4) is 0 Å². The summed E-state index contributed by atoms with van der Waals surface area (Å²) in [7, 11) is -3.46. The fourth-order valence-electron chi connectivity index (χ4n) is 2.33. The Morgan fingerprint density at radius 1 is 1.04 bits per heavy atom. The molecular weight excluding hydrogens is 343 g/mol. The number of benzene rings is 1. The molecule has 0 bridgehead atoms. The Morgan fingerprint density at radius 3 is 2.16 bits per heavy atom. The van der Waals surface area contributed by atoms with E-state index in [1.807, 2.05) is 25.1 Å². The third kappa shape index (κ3) is 7.95. The van der Waals surface area contributed by atoms with E-state index in [0.29, 0.717) is 6.42 Å². The second-order valence-corrected chi connectivity index (χ2v) is 7.54. The van der Waals surface area contributed by atoms with Gasteiger partial charge in [0.05, 0.1) is 13.2 Å². The summed E-state index contributed by atoms with van der Waals surface area (Å²) in [4.78, 5) is 24.3. The van der Waals surface area contributed by atoms with E-state index in [0.717, 1.165) is 5.56 Å². The topological polar surface area (TPSA) is 78.9 Å². The third-order valence-corrected chi connectivity index (χ3v) is 5.38.